The number of thioether (sulfide) groups is 1. The van der Waals surface area contributed by atoms with Crippen LogP contribution >= 0.6 is 11.8 Å². The largest absolute Gasteiger partial charge is 0.377 e. The molecule has 88 valence electrons. The summed E-state index contributed by atoms with van der Waals surface area (Å²) in [7, 11) is 1.51. The topological polar surface area (TPSA) is 52.1 Å². The lowest BCUT2D eigenvalue weighted by atomic mass is 10.2. The van der Waals surface area contributed by atoms with Crippen LogP contribution in [0.15, 0.2) is 5.16 Å². The molecule has 1 heterocycles. The SMILES string of the molecule is COCC(=O)CSc1nc(C)c(C)c(C)n1. The van der Waals surface area contributed by atoms with Gasteiger partial charge in [-0.25, -0.2) is 9.97 Å². The van der Waals surface area contributed by atoms with Gasteiger partial charge in [0.25, 0.3) is 0 Å². The summed E-state index contributed by atoms with van der Waals surface area (Å²) in [5, 5.41) is 0.657. The van der Waals surface area contributed by atoms with Crippen LogP contribution in [0.4, 0.5) is 0 Å². The van der Waals surface area contributed by atoms with E-state index in [1.165, 1.54) is 18.9 Å². The van der Waals surface area contributed by atoms with E-state index < -0.39 is 0 Å². The van der Waals surface area contributed by atoms with E-state index >= 15 is 0 Å². The van der Waals surface area contributed by atoms with E-state index in [0.29, 0.717) is 10.9 Å². The summed E-state index contributed by atoms with van der Waals surface area (Å²) < 4.78 is 4.75. The van der Waals surface area contributed by atoms with Crippen molar-refractivity contribution in [3.8, 4) is 0 Å². The highest BCUT2D eigenvalue weighted by atomic mass is 32.2. The van der Waals surface area contributed by atoms with Crippen LogP contribution in [0.3, 0.4) is 0 Å². The van der Waals surface area contributed by atoms with E-state index in [2.05, 4.69) is 9.97 Å². The Balaban J connectivity index is 2.65. The number of ether oxygens (including phenoxy) is 1. The van der Waals surface area contributed by atoms with Gasteiger partial charge in [-0.2, -0.15) is 0 Å². The summed E-state index contributed by atoms with van der Waals surface area (Å²) in [4.78, 5) is 19.9. The molecule has 0 aliphatic carbocycles. The first-order valence-corrected chi connectivity index (χ1v) is 5.98. The van der Waals surface area contributed by atoms with Crippen LogP contribution in [-0.4, -0.2) is 35.2 Å². The van der Waals surface area contributed by atoms with Crippen molar-refractivity contribution in [2.75, 3.05) is 19.5 Å². The molecule has 16 heavy (non-hydrogen) atoms. The van der Waals surface area contributed by atoms with E-state index in [4.69, 9.17) is 4.74 Å². The number of hydrogen-bond donors (Lipinski definition) is 0. The molecule has 0 unspecified atom stereocenters. The monoisotopic (exact) mass is 240 g/mol. The van der Waals surface area contributed by atoms with Crippen molar-refractivity contribution in [3.63, 3.8) is 0 Å². The number of nitrogens with zero attached hydrogens (tertiary/aromatic N) is 2. The van der Waals surface area contributed by atoms with Gasteiger partial charge in [0.1, 0.15) is 6.61 Å². The Kier molecular flexibility index (Phi) is 4.89. The lowest BCUT2D eigenvalue weighted by Crippen LogP contribution is -2.09. The quantitative estimate of drug-likeness (QED) is 0.579. The normalized spacial score (nSPS) is 10.5. The third-order valence-corrected chi connectivity index (χ3v) is 3.19. The maximum Gasteiger partial charge on any atom is 0.188 e. The Bertz CT molecular complexity index is 371. The highest BCUT2D eigenvalue weighted by Gasteiger charge is 2.07. The molecule has 5 heteroatoms. The molecule has 4 nitrogen and oxygen atoms in total. The van der Waals surface area contributed by atoms with Crippen molar-refractivity contribution in [1.29, 1.82) is 0 Å². The number of methoxy groups -OCH3 is 1. The van der Waals surface area contributed by atoms with Gasteiger partial charge in [-0.05, 0) is 26.3 Å². The molecule has 1 aromatic heterocycles. The predicted molar refractivity (Wildman–Crippen MR) is 63.9 cm³/mol. The highest BCUT2D eigenvalue weighted by molar-refractivity contribution is 7.99. The van der Waals surface area contributed by atoms with E-state index in [-0.39, 0.29) is 12.4 Å². The van der Waals surface area contributed by atoms with Crippen LogP contribution in [0.25, 0.3) is 0 Å². The maximum absolute atomic E-state index is 11.3. The van der Waals surface area contributed by atoms with Crippen LogP contribution in [0.5, 0.6) is 0 Å². The third-order valence-electron chi connectivity index (χ3n) is 2.28. The smallest absolute Gasteiger partial charge is 0.188 e. The number of carbonyl (C=O) groups is 1. The Morgan fingerprint density at radius 3 is 2.31 bits per heavy atom. The second-order valence-corrected chi connectivity index (χ2v) is 4.50. The minimum Gasteiger partial charge on any atom is -0.377 e. The second kappa shape index (κ2) is 5.96. The van der Waals surface area contributed by atoms with Crippen molar-refractivity contribution >= 4 is 17.5 Å². The zero-order chi connectivity index (χ0) is 12.1. The minimum atomic E-state index is 0.0481. The van der Waals surface area contributed by atoms with Gasteiger partial charge in [-0.3, -0.25) is 4.79 Å². The first kappa shape index (κ1) is 13.1. The average Bonchev–Trinajstić information content (AvgIpc) is 2.23. The first-order chi connectivity index (χ1) is 7.54. The predicted octanol–water partition coefficient (Wildman–Crippen LogP) is 1.71. The lowest BCUT2D eigenvalue weighted by Gasteiger charge is -2.06. The highest BCUT2D eigenvalue weighted by Crippen LogP contribution is 2.16. The van der Waals surface area contributed by atoms with Crippen LogP contribution in [0.2, 0.25) is 0 Å². The summed E-state index contributed by atoms with van der Waals surface area (Å²) in [6.45, 7) is 6.04. The van der Waals surface area contributed by atoms with Crippen molar-refractivity contribution in [2.24, 2.45) is 0 Å². The number of aryl methyl sites for hydroxylation is 2. The molecule has 1 aromatic rings. The molecule has 0 fully saturated rings. The molecular weight excluding hydrogens is 224 g/mol. The van der Waals surface area contributed by atoms with Gasteiger partial charge in [-0.1, -0.05) is 11.8 Å². The van der Waals surface area contributed by atoms with Gasteiger partial charge in [0.2, 0.25) is 0 Å². The van der Waals surface area contributed by atoms with E-state index in [9.17, 15) is 4.79 Å². The van der Waals surface area contributed by atoms with E-state index in [1.807, 2.05) is 20.8 Å². The first-order valence-electron chi connectivity index (χ1n) is 5.00. The average molecular weight is 240 g/mol. The standard InChI is InChI=1S/C11H16N2O2S/c1-7-8(2)12-11(13-9(7)3)16-6-10(14)5-15-4/h5-6H2,1-4H3. The number of hydrogen-bond acceptors (Lipinski definition) is 5. The fourth-order valence-corrected chi connectivity index (χ4v) is 1.93. The van der Waals surface area contributed by atoms with Crippen LogP contribution in [0.1, 0.15) is 17.0 Å². The Morgan fingerprint density at radius 1 is 1.25 bits per heavy atom. The van der Waals surface area contributed by atoms with Gasteiger partial charge in [0.15, 0.2) is 10.9 Å². The summed E-state index contributed by atoms with van der Waals surface area (Å²) >= 11 is 1.35. The van der Waals surface area contributed by atoms with Crippen molar-refractivity contribution < 1.29 is 9.53 Å². The molecular formula is C11H16N2O2S. The van der Waals surface area contributed by atoms with Crippen LogP contribution < -0.4 is 0 Å². The molecule has 0 N–H and O–H groups in total. The Hall–Kier alpha value is -0.940. The zero-order valence-corrected chi connectivity index (χ0v) is 10.8. The molecule has 0 radical (unpaired) electrons. The molecule has 0 saturated heterocycles. The summed E-state index contributed by atoms with van der Waals surface area (Å²) in [6, 6.07) is 0. The molecule has 0 bridgehead atoms. The Labute approximate surface area is 99.8 Å². The zero-order valence-electron chi connectivity index (χ0n) is 10.0. The molecule has 0 amide bonds. The minimum absolute atomic E-state index is 0.0481. The van der Waals surface area contributed by atoms with E-state index in [1.54, 1.807) is 0 Å². The molecule has 0 aromatic carbocycles. The maximum atomic E-state index is 11.3. The third kappa shape index (κ3) is 3.57. The fourth-order valence-electron chi connectivity index (χ4n) is 1.15. The van der Waals surface area contributed by atoms with Gasteiger partial charge in [0, 0.05) is 18.5 Å². The van der Waals surface area contributed by atoms with Crippen LogP contribution in [0, 0.1) is 20.8 Å². The van der Waals surface area contributed by atoms with E-state index in [0.717, 1.165) is 17.0 Å². The van der Waals surface area contributed by atoms with Crippen molar-refractivity contribution in [1.82, 2.24) is 9.97 Å². The van der Waals surface area contributed by atoms with Gasteiger partial charge < -0.3 is 4.74 Å². The lowest BCUT2D eigenvalue weighted by molar-refractivity contribution is -0.120. The molecule has 1 rings (SSSR count). The van der Waals surface area contributed by atoms with Gasteiger partial charge in [0.05, 0.1) is 5.75 Å². The summed E-state index contributed by atoms with van der Waals surface area (Å²) in [5.74, 6) is 0.405. The number of Topliss-reactive ketones (excluding diaryl/α,β-unsaturated/α-hetero) is 1. The molecule has 0 saturated carbocycles. The second-order valence-electron chi connectivity index (χ2n) is 3.56. The van der Waals surface area contributed by atoms with Crippen molar-refractivity contribution in [2.45, 2.75) is 25.9 Å². The van der Waals surface area contributed by atoms with Gasteiger partial charge >= 0.3 is 0 Å². The molecule has 0 aliphatic rings. The number of rotatable bonds is 5. The number of ketones is 1. The summed E-state index contributed by atoms with van der Waals surface area (Å²) in [5.41, 5.74) is 3.04. The number of aromatic nitrogens is 2. The fraction of sp³-hybridized carbons (Fsp3) is 0.545. The number of carbonyl (C=O) groups excluding carboxylic acids is 1. The van der Waals surface area contributed by atoms with Gasteiger partial charge in [-0.15, -0.1) is 0 Å². The molecule has 0 aliphatic heterocycles. The molecule has 0 spiro atoms. The molecule has 0 atom stereocenters. The van der Waals surface area contributed by atoms with Crippen LogP contribution in [-0.2, 0) is 9.53 Å². The van der Waals surface area contributed by atoms with Crippen molar-refractivity contribution in [3.05, 3.63) is 17.0 Å². The summed E-state index contributed by atoms with van der Waals surface area (Å²) in [6.07, 6.45) is 0. The Morgan fingerprint density at radius 2 is 1.81 bits per heavy atom.